The number of carbonyl (C=O) groups is 1. The second-order valence-electron chi connectivity index (χ2n) is 8.02. The van der Waals surface area contributed by atoms with E-state index in [1.807, 2.05) is 36.4 Å². The summed E-state index contributed by atoms with van der Waals surface area (Å²) in [7, 11) is -3.67. The lowest BCUT2D eigenvalue weighted by Crippen LogP contribution is -2.36. The van der Waals surface area contributed by atoms with Gasteiger partial charge in [0.25, 0.3) is 10.0 Å². The summed E-state index contributed by atoms with van der Waals surface area (Å²) in [6, 6.07) is 21.1. The number of rotatable bonds is 8. The molecule has 1 aliphatic heterocycles. The number of amidine groups is 1. The van der Waals surface area contributed by atoms with Crippen LogP contribution in [-0.2, 0) is 27.7 Å². The Labute approximate surface area is 193 Å². The molecule has 0 aromatic heterocycles. The normalized spacial score (nSPS) is 13.5. The van der Waals surface area contributed by atoms with Gasteiger partial charge >= 0.3 is 0 Å². The first-order valence-electron chi connectivity index (χ1n) is 10.8. The summed E-state index contributed by atoms with van der Waals surface area (Å²) in [5.41, 5.74) is 9.58. The number of sulfonamides is 1. The van der Waals surface area contributed by atoms with Gasteiger partial charge in [-0.05, 0) is 60.7 Å². The van der Waals surface area contributed by atoms with Gasteiger partial charge in [-0.1, -0.05) is 42.5 Å². The smallest absolute Gasteiger partial charge is 0.261 e. The van der Waals surface area contributed by atoms with Crippen molar-refractivity contribution in [1.29, 1.82) is 5.41 Å². The molecule has 4 N–H and O–H groups in total. The Morgan fingerprint density at radius 1 is 1.00 bits per heavy atom. The second-order valence-corrected chi connectivity index (χ2v) is 9.70. The number of anilines is 2. The van der Waals surface area contributed by atoms with Crippen molar-refractivity contribution < 1.29 is 13.2 Å². The van der Waals surface area contributed by atoms with Gasteiger partial charge in [0.2, 0.25) is 5.91 Å². The minimum Gasteiger partial charge on any atom is -0.384 e. The predicted molar refractivity (Wildman–Crippen MR) is 130 cm³/mol. The molecule has 4 rings (SSSR count). The van der Waals surface area contributed by atoms with Crippen LogP contribution in [0.1, 0.15) is 29.5 Å². The first kappa shape index (κ1) is 22.5. The highest BCUT2D eigenvalue weighted by molar-refractivity contribution is 7.92. The van der Waals surface area contributed by atoms with E-state index in [-0.39, 0.29) is 16.6 Å². The monoisotopic (exact) mass is 462 g/mol. The molecule has 0 aliphatic carbocycles. The summed E-state index contributed by atoms with van der Waals surface area (Å²) in [5, 5.41) is 7.47. The largest absolute Gasteiger partial charge is 0.384 e. The van der Waals surface area contributed by atoms with Gasteiger partial charge in [0, 0.05) is 29.9 Å². The summed E-state index contributed by atoms with van der Waals surface area (Å²) in [6.45, 7) is 0.579. The van der Waals surface area contributed by atoms with E-state index in [4.69, 9.17) is 11.1 Å². The molecule has 0 radical (unpaired) electrons. The van der Waals surface area contributed by atoms with Crippen molar-refractivity contribution in [2.45, 2.75) is 30.6 Å². The average molecular weight is 463 g/mol. The molecule has 33 heavy (non-hydrogen) atoms. The highest BCUT2D eigenvalue weighted by Crippen LogP contribution is 2.31. The zero-order valence-electron chi connectivity index (χ0n) is 18.1. The molecule has 0 spiro atoms. The Hall–Kier alpha value is -3.65. The molecule has 8 heteroatoms. The van der Waals surface area contributed by atoms with Gasteiger partial charge < -0.3 is 10.6 Å². The highest BCUT2D eigenvalue weighted by atomic mass is 32.2. The lowest BCUT2D eigenvalue weighted by atomic mass is 9.99. The molecule has 0 saturated heterocycles. The molecule has 1 amide bonds. The molecule has 0 atom stereocenters. The first-order chi connectivity index (χ1) is 15.8. The molecule has 3 aromatic rings. The zero-order valence-corrected chi connectivity index (χ0v) is 18.9. The zero-order chi connectivity index (χ0) is 23.4. The Bertz CT molecular complexity index is 1270. The minimum atomic E-state index is -3.67. The molecule has 0 fully saturated rings. The van der Waals surface area contributed by atoms with Crippen molar-refractivity contribution in [2.24, 2.45) is 5.73 Å². The minimum absolute atomic E-state index is 0.0440. The number of nitrogens with zero attached hydrogens (tertiary/aromatic N) is 1. The number of aryl methyl sites for hydroxylation is 2. The SMILES string of the molecule is N=C(N)c1ccc(CCCN2C(=O)CCc3cc(NS(=O)(=O)c4ccccc4)ccc32)cc1. The van der Waals surface area contributed by atoms with Crippen LogP contribution in [0, 0.1) is 5.41 Å². The highest BCUT2D eigenvalue weighted by Gasteiger charge is 2.24. The third-order valence-electron chi connectivity index (χ3n) is 5.70. The van der Waals surface area contributed by atoms with E-state index in [1.54, 1.807) is 41.3 Å². The van der Waals surface area contributed by atoms with Crippen LogP contribution in [0.15, 0.2) is 77.7 Å². The van der Waals surface area contributed by atoms with Crippen LogP contribution in [0.2, 0.25) is 0 Å². The molecule has 7 nitrogen and oxygen atoms in total. The van der Waals surface area contributed by atoms with E-state index in [0.29, 0.717) is 30.6 Å². The standard InChI is InChI=1S/C25H26N4O3S/c26-25(27)19-10-8-18(9-11-19)5-4-16-29-23-14-13-21(17-20(23)12-15-24(29)30)28-33(31,32)22-6-2-1-3-7-22/h1-3,6-11,13-14,17,28H,4-5,12,15-16H2,(H3,26,27). The summed E-state index contributed by atoms with van der Waals surface area (Å²) in [4.78, 5) is 14.6. The van der Waals surface area contributed by atoms with E-state index in [0.717, 1.165) is 29.7 Å². The van der Waals surface area contributed by atoms with Crippen LogP contribution < -0.4 is 15.4 Å². The molecule has 1 heterocycles. The number of hydrogen-bond donors (Lipinski definition) is 3. The van der Waals surface area contributed by atoms with Crippen LogP contribution in [0.25, 0.3) is 0 Å². The van der Waals surface area contributed by atoms with Gasteiger partial charge in [0.1, 0.15) is 5.84 Å². The van der Waals surface area contributed by atoms with Crippen molar-refractivity contribution >= 4 is 33.1 Å². The summed E-state index contributed by atoms with van der Waals surface area (Å²) in [5.74, 6) is 0.120. The van der Waals surface area contributed by atoms with Gasteiger partial charge in [-0.15, -0.1) is 0 Å². The maximum Gasteiger partial charge on any atom is 0.261 e. The third-order valence-corrected chi connectivity index (χ3v) is 7.09. The van der Waals surface area contributed by atoms with E-state index in [2.05, 4.69) is 4.72 Å². The fourth-order valence-corrected chi connectivity index (χ4v) is 5.05. The number of nitrogens with one attached hydrogen (secondary N) is 2. The van der Waals surface area contributed by atoms with Crippen molar-refractivity contribution in [3.05, 3.63) is 89.5 Å². The van der Waals surface area contributed by atoms with Crippen molar-refractivity contribution in [1.82, 2.24) is 0 Å². The van der Waals surface area contributed by atoms with Crippen LogP contribution in [-0.4, -0.2) is 26.7 Å². The van der Waals surface area contributed by atoms with E-state index in [9.17, 15) is 13.2 Å². The van der Waals surface area contributed by atoms with E-state index in [1.165, 1.54) is 0 Å². The molecule has 0 unspecified atom stereocenters. The van der Waals surface area contributed by atoms with Gasteiger partial charge in [-0.2, -0.15) is 0 Å². The molecule has 0 saturated carbocycles. The molecule has 0 bridgehead atoms. The van der Waals surface area contributed by atoms with Crippen LogP contribution in [0.4, 0.5) is 11.4 Å². The van der Waals surface area contributed by atoms with Crippen molar-refractivity contribution in [3.63, 3.8) is 0 Å². The topological polar surface area (TPSA) is 116 Å². The van der Waals surface area contributed by atoms with Gasteiger partial charge in [0.15, 0.2) is 0 Å². The summed E-state index contributed by atoms with van der Waals surface area (Å²) < 4.78 is 27.9. The van der Waals surface area contributed by atoms with Crippen molar-refractivity contribution in [3.8, 4) is 0 Å². The lowest BCUT2D eigenvalue weighted by Gasteiger charge is -2.30. The molecular formula is C25H26N4O3S. The lowest BCUT2D eigenvalue weighted by molar-refractivity contribution is -0.118. The fraction of sp³-hybridized carbons (Fsp3) is 0.200. The quantitative estimate of drug-likeness (QED) is 0.350. The second kappa shape index (κ2) is 9.46. The van der Waals surface area contributed by atoms with Gasteiger partial charge in [0.05, 0.1) is 4.90 Å². The van der Waals surface area contributed by atoms with Crippen LogP contribution in [0.3, 0.4) is 0 Å². The number of benzene rings is 3. The predicted octanol–water partition coefficient (Wildman–Crippen LogP) is 3.68. The summed E-state index contributed by atoms with van der Waals surface area (Å²) >= 11 is 0. The van der Waals surface area contributed by atoms with Crippen LogP contribution >= 0.6 is 0 Å². The summed E-state index contributed by atoms with van der Waals surface area (Å²) in [6.07, 6.45) is 2.56. The van der Waals surface area contributed by atoms with Gasteiger partial charge in [-0.3, -0.25) is 14.9 Å². The Morgan fingerprint density at radius 2 is 1.73 bits per heavy atom. The number of hydrogen-bond acceptors (Lipinski definition) is 4. The number of nitrogens with two attached hydrogens (primary N) is 1. The molecule has 3 aromatic carbocycles. The van der Waals surface area contributed by atoms with Gasteiger partial charge in [-0.25, -0.2) is 8.42 Å². The molecule has 170 valence electrons. The number of fused-ring (bicyclic) bond motifs is 1. The van der Waals surface area contributed by atoms with E-state index >= 15 is 0 Å². The number of amides is 1. The average Bonchev–Trinajstić information content (AvgIpc) is 2.81. The first-order valence-corrected chi connectivity index (χ1v) is 12.3. The molecular weight excluding hydrogens is 436 g/mol. The number of nitrogen functional groups attached to an aromatic ring is 1. The van der Waals surface area contributed by atoms with E-state index < -0.39 is 10.0 Å². The Morgan fingerprint density at radius 3 is 2.42 bits per heavy atom. The Kier molecular flexibility index (Phi) is 6.46. The number of carbonyl (C=O) groups excluding carboxylic acids is 1. The third kappa shape index (κ3) is 5.23. The molecule has 1 aliphatic rings. The maximum atomic E-state index is 12.6. The van der Waals surface area contributed by atoms with Crippen LogP contribution in [0.5, 0.6) is 0 Å². The Balaban J connectivity index is 1.44. The van der Waals surface area contributed by atoms with Crippen molar-refractivity contribution in [2.75, 3.05) is 16.2 Å². The maximum absolute atomic E-state index is 12.6. The fourth-order valence-electron chi connectivity index (χ4n) is 3.97.